The zero-order chi connectivity index (χ0) is 25.1. The predicted octanol–water partition coefficient (Wildman–Crippen LogP) is -0.835. The minimum Gasteiger partial charge on any atom is -0.504 e. The van der Waals surface area contributed by atoms with Crippen LogP contribution in [0.2, 0.25) is 0 Å². The molecule has 0 aliphatic rings. The van der Waals surface area contributed by atoms with Gasteiger partial charge in [-0.25, -0.2) is 4.79 Å². The van der Waals surface area contributed by atoms with Crippen LogP contribution in [0.1, 0.15) is 18.4 Å². The molecule has 13 nitrogen and oxygen atoms in total. The summed E-state index contributed by atoms with van der Waals surface area (Å²) in [5, 5.41) is 50.7. The molecule has 33 heavy (non-hydrogen) atoms. The summed E-state index contributed by atoms with van der Waals surface area (Å²) in [6.45, 7) is -0.732. The van der Waals surface area contributed by atoms with E-state index in [-0.39, 0.29) is 29.1 Å². The van der Waals surface area contributed by atoms with E-state index in [2.05, 4.69) is 10.6 Å². The summed E-state index contributed by atoms with van der Waals surface area (Å²) < 4.78 is 0. The van der Waals surface area contributed by atoms with Crippen LogP contribution in [0.3, 0.4) is 0 Å². The van der Waals surface area contributed by atoms with Crippen molar-refractivity contribution in [1.29, 1.82) is 0 Å². The molecular weight excluding hydrogens is 462 g/mol. The summed E-state index contributed by atoms with van der Waals surface area (Å²) in [5.41, 5.74) is 5.54. The normalized spacial score (nSPS) is 12.6. The number of benzene rings is 1. The first-order chi connectivity index (χ1) is 15.4. The molecule has 0 aliphatic heterocycles. The van der Waals surface area contributed by atoms with Gasteiger partial charge in [-0.3, -0.25) is 19.2 Å². The van der Waals surface area contributed by atoms with Crippen molar-refractivity contribution in [3.05, 3.63) is 23.8 Å². The molecule has 0 unspecified atom stereocenters. The Labute approximate surface area is 191 Å². The number of aromatic hydroxyl groups is 2. The molecule has 0 bridgehead atoms. The molecule has 2 atom stereocenters. The molecule has 0 spiro atoms. The highest BCUT2D eigenvalue weighted by Gasteiger charge is 2.24. The molecule has 0 saturated carbocycles. The largest absolute Gasteiger partial charge is 0.504 e. The predicted molar refractivity (Wildman–Crippen MR) is 115 cm³/mol. The molecule has 1 aromatic rings. The molecule has 0 radical (unpaired) electrons. The van der Waals surface area contributed by atoms with Gasteiger partial charge in [0, 0.05) is 18.2 Å². The highest BCUT2D eigenvalue weighted by Crippen LogP contribution is 2.39. The lowest BCUT2D eigenvalue weighted by Crippen LogP contribution is -2.49. The molecule has 0 aromatic heterocycles. The van der Waals surface area contributed by atoms with Crippen molar-refractivity contribution in [3.63, 3.8) is 0 Å². The molecule has 1 rings (SSSR count). The number of hydrogen-bond acceptors (Lipinski definition) is 9. The first-order valence-electron chi connectivity index (χ1n) is 9.28. The number of carbonyl (C=O) groups is 5. The summed E-state index contributed by atoms with van der Waals surface area (Å²) in [4.78, 5) is 56.8. The Kier molecular flexibility index (Phi) is 10.7. The Morgan fingerprint density at radius 1 is 1.09 bits per heavy atom. The van der Waals surface area contributed by atoms with E-state index in [0.717, 1.165) is 30.0 Å². The van der Waals surface area contributed by atoms with Gasteiger partial charge in [-0.1, -0.05) is 0 Å². The molecular formula is C19H23N3O10S. The molecule has 0 heterocycles. The van der Waals surface area contributed by atoms with Crippen LogP contribution in [0.25, 0.3) is 6.08 Å². The standard InChI is InChI=1S/C19H23N3O10S/c20-10(19(31)32)3-5-13(24)22-11(18(30)21-7-15(27)28)8-33-17-9(2-6-14(25)26)1-4-12(23)16(17)29/h1-2,4,6,10-11,23,29H,3,5,7-8,20H2,(H,21,30)(H,22,24)(H,25,26)(H,27,28)(H,31,32)/b6-2+/t10-,11-/m0/s1. The van der Waals surface area contributed by atoms with Gasteiger partial charge in [0.25, 0.3) is 0 Å². The van der Waals surface area contributed by atoms with E-state index in [0.29, 0.717) is 0 Å². The Bertz CT molecular complexity index is 950. The van der Waals surface area contributed by atoms with Gasteiger partial charge >= 0.3 is 17.9 Å². The van der Waals surface area contributed by atoms with Gasteiger partial charge in [0.05, 0.1) is 4.90 Å². The fourth-order valence-corrected chi connectivity index (χ4v) is 3.44. The lowest BCUT2D eigenvalue weighted by Gasteiger charge is -2.19. The molecule has 0 aliphatic carbocycles. The number of phenolic OH excluding ortho intramolecular Hbond substituents is 2. The number of amides is 2. The van der Waals surface area contributed by atoms with Crippen LogP contribution in [0.5, 0.6) is 11.5 Å². The third kappa shape index (κ3) is 9.49. The molecule has 0 saturated heterocycles. The average molecular weight is 485 g/mol. The van der Waals surface area contributed by atoms with Crippen molar-refractivity contribution >= 4 is 47.6 Å². The second-order valence-electron chi connectivity index (χ2n) is 6.55. The summed E-state index contributed by atoms with van der Waals surface area (Å²) in [6.07, 6.45) is 1.40. The van der Waals surface area contributed by atoms with Gasteiger partial charge in [-0.2, -0.15) is 0 Å². The highest BCUT2D eigenvalue weighted by atomic mass is 32.2. The summed E-state index contributed by atoms with van der Waals surface area (Å²) in [7, 11) is 0. The maximum absolute atomic E-state index is 12.4. The summed E-state index contributed by atoms with van der Waals surface area (Å²) in [6, 6.07) is -0.161. The van der Waals surface area contributed by atoms with Crippen molar-refractivity contribution in [2.45, 2.75) is 29.8 Å². The van der Waals surface area contributed by atoms with Gasteiger partial charge in [-0.05, 0) is 30.2 Å². The Balaban J connectivity index is 3.04. The van der Waals surface area contributed by atoms with Crippen LogP contribution in [0.4, 0.5) is 0 Å². The van der Waals surface area contributed by atoms with E-state index < -0.39 is 59.8 Å². The minimum absolute atomic E-state index is 0.00526. The maximum atomic E-state index is 12.4. The number of carboxylic acid groups (broad SMARTS) is 3. The van der Waals surface area contributed by atoms with Crippen molar-refractivity contribution in [2.75, 3.05) is 12.3 Å². The minimum atomic E-state index is -1.33. The molecule has 0 fully saturated rings. The number of phenols is 2. The second-order valence-corrected chi connectivity index (χ2v) is 7.58. The molecule has 1 aromatic carbocycles. The van der Waals surface area contributed by atoms with E-state index >= 15 is 0 Å². The van der Waals surface area contributed by atoms with Gasteiger partial charge in [0.15, 0.2) is 11.5 Å². The Morgan fingerprint density at radius 2 is 1.76 bits per heavy atom. The first kappa shape index (κ1) is 27.3. The number of hydrogen-bond donors (Lipinski definition) is 8. The average Bonchev–Trinajstić information content (AvgIpc) is 2.74. The number of aliphatic carboxylic acids is 3. The van der Waals surface area contributed by atoms with Crippen LogP contribution in [-0.2, 0) is 24.0 Å². The van der Waals surface area contributed by atoms with Gasteiger partial charge < -0.3 is 41.9 Å². The number of nitrogens with one attached hydrogen (secondary N) is 2. The van der Waals surface area contributed by atoms with Crippen LogP contribution in [0, 0.1) is 0 Å². The molecule has 9 N–H and O–H groups in total. The first-order valence-corrected chi connectivity index (χ1v) is 10.3. The van der Waals surface area contributed by atoms with E-state index in [4.69, 9.17) is 21.1 Å². The monoisotopic (exact) mass is 485 g/mol. The van der Waals surface area contributed by atoms with E-state index in [1.807, 2.05) is 0 Å². The number of thioether (sulfide) groups is 1. The van der Waals surface area contributed by atoms with Gasteiger partial charge in [-0.15, -0.1) is 11.8 Å². The van der Waals surface area contributed by atoms with Gasteiger partial charge in [0.2, 0.25) is 11.8 Å². The third-order valence-corrected chi connectivity index (χ3v) is 5.22. The number of rotatable bonds is 13. The van der Waals surface area contributed by atoms with E-state index in [1.54, 1.807) is 0 Å². The highest BCUT2D eigenvalue weighted by molar-refractivity contribution is 7.99. The smallest absolute Gasteiger partial charge is 0.328 e. The quantitative estimate of drug-likeness (QED) is 0.0970. The van der Waals surface area contributed by atoms with E-state index in [9.17, 15) is 34.2 Å². The molecule has 2 amide bonds. The van der Waals surface area contributed by atoms with E-state index in [1.165, 1.54) is 6.07 Å². The fraction of sp³-hybridized carbons (Fsp3) is 0.316. The zero-order valence-electron chi connectivity index (χ0n) is 17.1. The fourth-order valence-electron chi connectivity index (χ4n) is 2.33. The van der Waals surface area contributed by atoms with Gasteiger partial charge in [0.1, 0.15) is 18.6 Å². The molecule has 14 heteroatoms. The van der Waals surface area contributed by atoms with Crippen molar-refractivity contribution in [2.24, 2.45) is 5.73 Å². The summed E-state index contributed by atoms with van der Waals surface area (Å²) >= 11 is 0.785. The van der Waals surface area contributed by atoms with Crippen LogP contribution in [0.15, 0.2) is 23.1 Å². The number of carboxylic acids is 3. The Morgan fingerprint density at radius 3 is 2.33 bits per heavy atom. The van der Waals surface area contributed by atoms with Crippen molar-refractivity contribution in [3.8, 4) is 11.5 Å². The molecule has 180 valence electrons. The summed E-state index contributed by atoms with van der Waals surface area (Å²) in [5.74, 6) is -6.86. The lowest BCUT2D eigenvalue weighted by molar-refractivity contribution is -0.139. The second kappa shape index (κ2) is 12.9. The van der Waals surface area contributed by atoms with Crippen molar-refractivity contribution in [1.82, 2.24) is 10.6 Å². The number of nitrogens with two attached hydrogens (primary N) is 1. The maximum Gasteiger partial charge on any atom is 0.328 e. The van der Waals surface area contributed by atoms with Crippen molar-refractivity contribution < 1.29 is 49.5 Å². The van der Waals surface area contributed by atoms with Crippen LogP contribution in [-0.4, -0.2) is 79.6 Å². The topological polar surface area (TPSA) is 237 Å². The van der Waals surface area contributed by atoms with Crippen LogP contribution >= 0.6 is 11.8 Å². The SMILES string of the molecule is N[C@@H](CCC(=O)N[C@@H](CSc1c(/C=C/C(=O)O)ccc(O)c1O)C(=O)NCC(=O)O)C(=O)O. The van der Waals surface area contributed by atoms with Crippen LogP contribution < -0.4 is 16.4 Å². The third-order valence-electron chi connectivity index (χ3n) is 4.01. The Hall–Kier alpha value is -3.78. The lowest BCUT2D eigenvalue weighted by atomic mass is 10.1. The number of carbonyl (C=O) groups excluding carboxylic acids is 2. The zero-order valence-corrected chi connectivity index (χ0v) is 17.9.